The molecule has 0 heterocycles. The maximum Gasteiger partial charge on any atom is 0.129 e. The van der Waals surface area contributed by atoms with Crippen LogP contribution in [0.3, 0.4) is 0 Å². The molecule has 0 unspecified atom stereocenters. The van der Waals surface area contributed by atoms with Gasteiger partial charge in [-0.3, -0.25) is 4.90 Å². The molecule has 96 valence electrons. The lowest BCUT2D eigenvalue weighted by molar-refractivity contribution is 0.0974. The summed E-state index contributed by atoms with van der Waals surface area (Å²) in [5, 5.41) is 18.9. The lowest BCUT2D eigenvalue weighted by atomic mass is 10.1. The first kappa shape index (κ1) is 14.1. The van der Waals surface area contributed by atoms with E-state index in [4.69, 9.17) is 5.11 Å². The molecule has 0 aromatic heterocycles. The van der Waals surface area contributed by atoms with Gasteiger partial charge >= 0.3 is 0 Å². The van der Waals surface area contributed by atoms with Gasteiger partial charge in [0.25, 0.3) is 0 Å². The van der Waals surface area contributed by atoms with Crippen molar-refractivity contribution in [3.63, 3.8) is 0 Å². The molecule has 2 N–H and O–H groups in total. The number of halogens is 1. The molecule has 0 amide bonds. The molecule has 4 heteroatoms. The summed E-state index contributed by atoms with van der Waals surface area (Å²) in [6.45, 7) is 3.70. The molecule has 1 atom stereocenters. The van der Waals surface area contributed by atoms with Crippen molar-refractivity contribution in [2.24, 2.45) is 0 Å². The number of hydrogen-bond donors (Lipinski definition) is 2. The van der Waals surface area contributed by atoms with Crippen LogP contribution in [0.25, 0.3) is 0 Å². The summed E-state index contributed by atoms with van der Waals surface area (Å²) in [4.78, 5) is 1.93. The van der Waals surface area contributed by atoms with E-state index >= 15 is 0 Å². The van der Waals surface area contributed by atoms with Gasteiger partial charge in [-0.1, -0.05) is 25.1 Å². The van der Waals surface area contributed by atoms with Crippen molar-refractivity contribution in [1.82, 2.24) is 4.90 Å². The summed E-state index contributed by atoms with van der Waals surface area (Å²) >= 11 is 0. The van der Waals surface area contributed by atoms with E-state index in [1.807, 2.05) is 11.8 Å². The highest BCUT2D eigenvalue weighted by Crippen LogP contribution is 2.17. The molecule has 3 nitrogen and oxygen atoms in total. The Kier molecular flexibility index (Phi) is 6.11. The summed E-state index contributed by atoms with van der Waals surface area (Å²) in [6.07, 6.45) is 0.0820. The quantitative estimate of drug-likeness (QED) is 0.761. The van der Waals surface area contributed by atoms with Crippen LogP contribution in [0.5, 0.6) is 0 Å². The third-order valence-electron chi connectivity index (χ3n) is 2.65. The third-order valence-corrected chi connectivity index (χ3v) is 2.65. The number of aliphatic hydroxyl groups excluding tert-OH is 2. The molecule has 0 saturated carbocycles. The Labute approximate surface area is 101 Å². The van der Waals surface area contributed by atoms with Crippen LogP contribution in [0.15, 0.2) is 24.3 Å². The average Bonchev–Trinajstić information content (AvgIpc) is 2.30. The minimum atomic E-state index is -0.853. The summed E-state index contributed by atoms with van der Waals surface area (Å²) in [5.74, 6) is -0.388. The maximum atomic E-state index is 13.4. The van der Waals surface area contributed by atoms with E-state index in [9.17, 15) is 9.50 Å². The van der Waals surface area contributed by atoms with Gasteiger partial charge in [0.15, 0.2) is 0 Å². The number of aliphatic hydroxyl groups is 2. The highest BCUT2D eigenvalue weighted by Gasteiger charge is 2.15. The minimum Gasteiger partial charge on any atom is -0.395 e. The Morgan fingerprint density at radius 1 is 1.29 bits per heavy atom. The van der Waals surface area contributed by atoms with Crippen LogP contribution in [0.4, 0.5) is 4.39 Å². The Hall–Kier alpha value is -0.970. The van der Waals surface area contributed by atoms with Gasteiger partial charge < -0.3 is 10.2 Å². The van der Waals surface area contributed by atoms with E-state index in [-0.39, 0.29) is 12.4 Å². The summed E-state index contributed by atoms with van der Waals surface area (Å²) in [7, 11) is 0. The molecule has 17 heavy (non-hydrogen) atoms. The first-order valence-corrected chi connectivity index (χ1v) is 5.94. The predicted octanol–water partition coefficient (Wildman–Crippen LogP) is 1.56. The normalized spacial score (nSPS) is 13.0. The van der Waals surface area contributed by atoms with Crippen LogP contribution < -0.4 is 0 Å². The molecule has 0 fully saturated rings. The first-order valence-electron chi connectivity index (χ1n) is 5.94. The van der Waals surface area contributed by atoms with E-state index in [2.05, 4.69) is 0 Å². The molecule has 1 aromatic carbocycles. The van der Waals surface area contributed by atoms with Crippen LogP contribution in [-0.4, -0.2) is 41.4 Å². The highest BCUT2D eigenvalue weighted by molar-refractivity contribution is 5.19. The molecule has 1 rings (SSSR count). The summed E-state index contributed by atoms with van der Waals surface area (Å²) in [5.41, 5.74) is 0.312. The molecule has 0 aliphatic rings. The van der Waals surface area contributed by atoms with Crippen molar-refractivity contribution in [2.45, 2.75) is 19.4 Å². The zero-order chi connectivity index (χ0) is 12.7. The second-order valence-corrected chi connectivity index (χ2v) is 4.06. The van der Waals surface area contributed by atoms with Gasteiger partial charge in [0, 0.05) is 18.7 Å². The van der Waals surface area contributed by atoms with Gasteiger partial charge in [-0.05, 0) is 19.0 Å². The molecule has 0 aliphatic heterocycles. The van der Waals surface area contributed by atoms with Crippen LogP contribution >= 0.6 is 0 Å². The fraction of sp³-hybridized carbons (Fsp3) is 0.538. The van der Waals surface area contributed by atoms with E-state index < -0.39 is 6.10 Å². The number of benzene rings is 1. The van der Waals surface area contributed by atoms with E-state index in [1.54, 1.807) is 18.2 Å². The van der Waals surface area contributed by atoms with E-state index in [0.29, 0.717) is 18.7 Å². The van der Waals surface area contributed by atoms with Gasteiger partial charge in [0.05, 0.1) is 12.7 Å². The van der Waals surface area contributed by atoms with Gasteiger partial charge in [0.1, 0.15) is 5.82 Å². The Bertz CT molecular complexity index is 327. The monoisotopic (exact) mass is 241 g/mol. The number of nitrogens with zero attached hydrogens (tertiary/aromatic N) is 1. The molecule has 0 bridgehead atoms. The van der Waals surface area contributed by atoms with E-state index in [0.717, 1.165) is 13.0 Å². The summed E-state index contributed by atoms with van der Waals surface area (Å²) < 4.78 is 13.4. The number of hydrogen-bond acceptors (Lipinski definition) is 3. The van der Waals surface area contributed by atoms with Crippen LogP contribution in [0.1, 0.15) is 25.0 Å². The molecular weight excluding hydrogens is 221 g/mol. The standard InChI is InChI=1S/C13H20FNO2/c1-2-7-15(8-9-16)10-13(17)11-5-3-4-6-12(11)14/h3-6,13,16-17H,2,7-10H2,1H3/t13-/m0/s1. The zero-order valence-corrected chi connectivity index (χ0v) is 10.1. The van der Waals surface area contributed by atoms with Gasteiger partial charge in [-0.25, -0.2) is 4.39 Å². The smallest absolute Gasteiger partial charge is 0.129 e. The molecule has 0 spiro atoms. The summed E-state index contributed by atoms with van der Waals surface area (Å²) in [6, 6.07) is 6.23. The molecule has 0 aliphatic carbocycles. The van der Waals surface area contributed by atoms with Gasteiger partial charge in [-0.15, -0.1) is 0 Å². The first-order chi connectivity index (χ1) is 8.19. The van der Waals surface area contributed by atoms with Crippen molar-refractivity contribution in [3.8, 4) is 0 Å². The fourth-order valence-corrected chi connectivity index (χ4v) is 1.84. The topological polar surface area (TPSA) is 43.7 Å². The lowest BCUT2D eigenvalue weighted by Gasteiger charge is -2.24. The Morgan fingerprint density at radius 3 is 2.59 bits per heavy atom. The second-order valence-electron chi connectivity index (χ2n) is 4.06. The van der Waals surface area contributed by atoms with Crippen molar-refractivity contribution >= 4 is 0 Å². The third kappa shape index (κ3) is 4.42. The second kappa shape index (κ2) is 7.37. The van der Waals surface area contributed by atoms with Crippen LogP contribution in [0.2, 0.25) is 0 Å². The van der Waals surface area contributed by atoms with Crippen molar-refractivity contribution in [2.75, 3.05) is 26.2 Å². The molecule has 0 saturated heterocycles. The minimum absolute atomic E-state index is 0.0456. The molecule has 0 radical (unpaired) electrons. The Morgan fingerprint density at radius 2 is 2.00 bits per heavy atom. The van der Waals surface area contributed by atoms with Gasteiger partial charge in [0.2, 0.25) is 0 Å². The lowest BCUT2D eigenvalue weighted by Crippen LogP contribution is -2.32. The predicted molar refractivity (Wildman–Crippen MR) is 65.2 cm³/mol. The SMILES string of the molecule is CCCN(CCO)C[C@H](O)c1ccccc1F. The highest BCUT2D eigenvalue weighted by atomic mass is 19.1. The van der Waals surface area contributed by atoms with E-state index in [1.165, 1.54) is 6.07 Å². The fourth-order valence-electron chi connectivity index (χ4n) is 1.84. The average molecular weight is 241 g/mol. The van der Waals surface area contributed by atoms with Crippen molar-refractivity contribution in [3.05, 3.63) is 35.6 Å². The zero-order valence-electron chi connectivity index (χ0n) is 10.1. The number of rotatable bonds is 7. The van der Waals surface area contributed by atoms with Gasteiger partial charge in [-0.2, -0.15) is 0 Å². The largest absolute Gasteiger partial charge is 0.395 e. The Balaban J connectivity index is 2.63. The van der Waals surface area contributed by atoms with Crippen molar-refractivity contribution < 1.29 is 14.6 Å². The van der Waals surface area contributed by atoms with Crippen molar-refractivity contribution in [1.29, 1.82) is 0 Å². The van der Waals surface area contributed by atoms with Crippen LogP contribution in [-0.2, 0) is 0 Å². The maximum absolute atomic E-state index is 13.4. The molecule has 1 aromatic rings. The molecular formula is C13H20FNO2. The van der Waals surface area contributed by atoms with Crippen LogP contribution in [0, 0.1) is 5.82 Å².